The van der Waals surface area contributed by atoms with Gasteiger partial charge in [0.05, 0.1) is 0 Å². The first-order valence-electron chi connectivity index (χ1n) is 2.30. The Bertz CT molecular complexity index is 29.6. The van der Waals surface area contributed by atoms with Crippen LogP contribution in [0, 0.1) is 0 Å². The second kappa shape index (κ2) is 30.5. The summed E-state index contributed by atoms with van der Waals surface area (Å²) in [4.78, 5) is 0. The Morgan fingerprint density at radius 1 is 1.38 bits per heavy atom. The zero-order valence-corrected chi connectivity index (χ0v) is 5.35. The molecule has 0 spiro atoms. The number of nitrogens with two attached hydrogens (primary N) is 2. The van der Waals surface area contributed by atoms with Crippen LogP contribution in [0.3, 0.4) is 0 Å². The van der Waals surface area contributed by atoms with Gasteiger partial charge in [-0.1, -0.05) is 6.08 Å². The molecule has 0 heterocycles. The highest BCUT2D eigenvalue weighted by molar-refractivity contribution is 4.51. The van der Waals surface area contributed by atoms with Crippen molar-refractivity contribution >= 4 is 0 Å². The van der Waals surface area contributed by atoms with Gasteiger partial charge in [-0.15, -0.1) is 6.58 Å². The second-order valence-electron chi connectivity index (χ2n) is 0.986. The van der Waals surface area contributed by atoms with Crippen LogP contribution in [-0.4, -0.2) is 18.6 Å². The van der Waals surface area contributed by atoms with E-state index >= 15 is 0 Å². The minimum absolute atomic E-state index is 0. The molecule has 0 fully saturated rings. The van der Waals surface area contributed by atoms with Gasteiger partial charge in [-0.3, -0.25) is 0 Å². The van der Waals surface area contributed by atoms with Crippen molar-refractivity contribution in [2.24, 2.45) is 11.5 Å². The average Bonchev–Trinajstić information content (AvgIpc) is 1.69. The highest BCUT2D eigenvalue weighted by Gasteiger charge is 1.54. The summed E-state index contributed by atoms with van der Waals surface area (Å²) in [5.74, 6) is 0. The van der Waals surface area contributed by atoms with E-state index < -0.39 is 0 Å². The van der Waals surface area contributed by atoms with Crippen molar-refractivity contribution in [3.8, 4) is 0 Å². The Morgan fingerprint density at radius 3 is 1.50 bits per heavy atom. The van der Waals surface area contributed by atoms with Crippen LogP contribution < -0.4 is 11.5 Å². The number of hydrogen-bond acceptors (Lipinski definition) is 2. The van der Waals surface area contributed by atoms with Crippen LogP contribution in [0.4, 0.5) is 0 Å². The maximum Gasteiger partial charge on any atom is 0.00461 e. The molecular formula is C5H16N2O. The molecule has 0 unspecified atom stereocenters. The van der Waals surface area contributed by atoms with Crippen LogP contribution in [0.1, 0.15) is 6.92 Å². The van der Waals surface area contributed by atoms with Gasteiger partial charge in [0.25, 0.3) is 0 Å². The Hall–Kier alpha value is -0.380. The molecule has 0 rings (SSSR count). The third-order valence-corrected chi connectivity index (χ3v) is 0.167. The van der Waals surface area contributed by atoms with Gasteiger partial charge in [0.1, 0.15) is 0 Å². The lowest BCUT2D eigenvalue weighted by atomic mass is 10.7. The standard InChI is InChI=1S/C3H6.C2H8N2.H2O/c1-3-2;3-1-2-4;/h3H,1H2,2H3;1-4H2;1H2. The first-order valence-corrected chi connectivity index (χ1v) is 2.30. The van der Waals surface area contributed by atoms with E-state index in [1.807, 2.05) is 6.92 Å². The zero-order valence-electron chi connectivity index (χ0n) is 5.35. The molecular weight excluding hydrogens is 104 g/mol. The van der Waals surface area contributed by atoms with Crippen LogP contribution in [-0.2, 0) is 0 Å². The SMILES string of the molecule is C=CC.NCCN.O. The van der Waals surface area contributed by atoms with Gasteiger partial charge in [0.2, 0.25) is 0 Å². The van der Waals surface area contributed by atoms with E-state index in [0.717, 1.165) is 0 Å². The van der Waals surface area contributed by atoms with E-state index in [2.05, 4.69) is 6.58 Å². The highest BCUT2D eigenvalue weighted by Crippen LogP contribution is 1.38. The quantitative estimate of drug-likeness (QED) is 0.447. The average molecular weight is 120 g/mol. The minimum atomic E-state index is 0. The molecule has 0 amide bonds. The Kier molecular flexibility index (Phi) is 59.6. The van der Waals surface area contributed by atoms with Crippen LogP contribution >= 0.6 is 0 Å². The van der Waals surface area contributed by atoms with Crippen LogP contribution in [0.15, 0.2) is 12.7 Å². The monoisotopic (exact) mass is 120 g/mol. The molecule has 3 heteroatoms. The molecule has 52 valence electrons. The molecule has 0 aromatic rings. The van der Waals surface area contributed by atoms with Crippen LogP contribution in [0.2, 0.25) is 0 Å². The fourth-order valence-corrected chi connectivity index (χ4v) is 0. The fourth-order valence-electron chi connectivity index (χ4n) is 0. The molecule has 0 aliphatic heterocycles. The van der Waals surface area contributed by atoms with Gasteiger partial charge >= 0.3 is 0 Å². The molecule has 0 saturated heterocycles. The van der Waals surface area contributed by atoms with Crippen molar-refractivity contribution < 1.29 is 5.48 Å². The summed E-state index contributed by atoms with van der Waals surface area (Å²) < 4.78 is 0. The van der Waals surface area contributed by atoms with Crippen molar-refractivity contribution in [2.45, 2.75) is 6.92 Å². The van der Waals surface area contributed by atoms with Gasteiger partial charge < -0.3 is 16.9 Å². The molecule has 0 aromatic heterocycles. The van der Waals surface area contributed by atoms with Crippen molar-refractivity contribution in [2.75, 3.05) is 13.1 Å². The molecule has 8 heavy (non-hydrogen) atoms. The van der Waals surface area contributed by atoms with Crippen molar-refractivity contribution in [1.29, 1.82) is 0 Å². The maximum atomic E-state index is 4.90. The number of allylic oxidation sites excluding steroid dienone is 1. The molecule has 6 N–H and O–H groups in total. The van der Waals surface area contributed by atoms with Gasteiger partial charge in [-0.2, -0.15) is 0 Å². The fraction of sp³-hybridized carbons (Fsp3) is 0.600. The van der Waals surface area contributed by atoms with E-state index in [0.29, 0.717) is 13.1 Å². The van der Waals surface area contributed by atoms with Crippen LogP contribution in [0.25, 0.3) is 0 Å². The van der Waals surface area contributed by atoms with E-state index in [9.17, 15) is 0 Å². The summed E-state index contributed by atoms with van der Waals surface area (Å²) in [5.41, 5.74) is 9.81. The molecule has 0 bridgehead atoms. The van der Waals surface area contributed by atoms with Gasteiger partial charge in [0, 0.05) is 13.1 Å². The lowest BCUT2D eigenvalue weighted by Gasteiger charge is -1.72. The van der Waals surface area contributed by atoms with Gasteiger partial charge in [-0.25, -0.2) is 0 Å². The first kappa shape index (κ1) is 15.6. The summed E-state index contributed by atoms with van der Waals surface area (Å²) in [5, 5.41) is 0. The normalized spacial score (nSPS) is 5.38. The third kappa shape index (κ3) is 312. The molecule has 0 atom stereocenters. The first-order chi connectivity index (χ1) is 3.33. The predicted molar refractivity (Wildman–Crippen MR) is 37.6 cm³/mol. The second-order valence-corrected chi connectivity index (χ2v) is 0.986. The van der Waals surface area contributed by atoms with Crippen molar-refractivity contribution in [3.05, 3.63) is 12.7 Å². The van der Waals surface area contributed by atoms with E-state index in [1.54, 1.807) is 6.08 Å². The summed E-state index contributed by atoms with van der Waals surface area (Å²) in [6, 6.07) is 0. The molecule has 0 saturated carbocycles. The zero-order chi connectivity index (χ0) is 6.12. The lowest BCUT2D eigenvalue weighted by Crippen LogP contribution is -2.11. The minimum Gasteiger partial charge on any atom is -0.412 e. The summed E-state index contributed by atoms with van der Waals surface area (Å²) in [6.07, 6.45) is 1.75. The Balaban J connectivity index is -0.0000000575. The lowest BCUT2D eigenvalue weighted by molar-refractivity contribution is 0.824. The highest BCUT2D eigenvalue weighted by atomic mass is 16.0. The van der Waals surface area contributed by atoms with Crippen molar-refractivity contribution in [1.82, 2.24) is 0 Å². The topological polar surface area (TPSA) is 83.5 Å². The Labute approximate surface area is 50.7 Å². The smallest absolute Gasteiger partial charge is 0.00461 e. The molecule has 3 nitrogen and oxygen atoms in total. The number of rotatable bonds is 1. The molecule has 0 radical (unpaired) electrons. The summed E-state index contributed by atoms with van der Waals surface area (Å²) >= 11 is 0. The Morgan fingerprint density at radius 2 is 1.50 bits per heavy atom. The van der Waals surface area contributed by atoms with Gasteiger partial charge in [-0.05, 0) is 6.92 Å². The molecule has 0 aliphatic carbocycles. The van der Waals surface area contributed by atoms with E-state index in [1.165, 1.54) is 0 Å². The number of hydrogen-bond donors (Lipinski definition) is 2. The third-order valence-electron chi connectivity index (χ3n) is 0.167. The summed E-state index contributed by atoms with van der Waals surface area (Å²) in [6.45, 7) is 6.44. The van der Waals surface area contributed by atoms with E-state index in [-0.39, 0.29) is 5.48 Å². The van der Waals surface area contributed by atoms with Crippen LogP contribution in [0.5, 0.6) is 0 Å². The largest absolute Gasteiger partial charge is 0.412 e. The molecule has 0 aromatic carbocycles. The summed E-state index contributed by atoms with van der Waals surface area (Å²) in [7, 11) is 0. The predicted octanol–water partition coefficient (Wildman–Crippen LogP) is -0.729. The maximum absolute atomic E-state index is 4.90. The van der Waals surface area contributed by atoms with Crippen molar-refractivity contribution in [3.63, 3.8) is 0 Å². The molecule has 0 aliphatic rings. The van der Waals surface area contributed by atoms with Gasteiger partial charge in [0.15, 0.2) is 0 Å². The van der Waals surface area contributed by atoms with E-state index in [4.69, 9.17) is 11.5 Å².